The topological polar surface area (TPSA) is 77.8 Å². The number of hydrogen-bond donors (Lipinski definition) is 3. The summed E-state index contributed by atoms with van der Waals surface area (Å²) >= 11 is 0. The van der Waals surface area contributed by atoms with Gasteiger partial charge < -0.3 is 15.3 Å². The molecule has 14 heavy (non-hydrogen) atoms. The number of aliphatic hydroxyl groups is 2. The quantitative estimate of drug-likeness (QED) is 0.616. The van der Waals surface area contributed by atoms with Crippen molar-refractivity contribution in [3.05, 3.63) is 34.4 Å². The molecule has 0 amide bonds. The van der Waals surface area contributed by atoms with E-state index in [9.17, 15) is 4.79 Å². The summed E-state index contributed by atoms with van der Waals surface area (Å²) in [5, 5.41) is 26.7. The molecule has 3 N–H and O–H groups in total. The lowest BCUT2D eigenvalue weighted by Gasteiger charge is -2.10. The van der Waals surface area contributed by atoms with Crippen molar-refractivity contribution in [2.75, 3.05) is 0 Å². The van der Waals surface area contributed by atoms with Gasteiger partial charge in [0.1, 0.15) is 0 Å². The second-order valence-corrected chi connectivity index (χ2v) is 3.20. The minimum atomic E-state index is -1.56. The smallest absolute Gasteiger partial charge is 0.335 e. The molecule has 0 aliphatic carbocycles. The van der Waals surface area contributed by atoms with E-state index in [1.165, 1.54) is 12.1 Å². The first-order valence-electron chi connectivity index (χ1n) is 4.14. The van der Waals surface area contributed by atoms with Gasteiger partial charge in [0, 0.05) is 5.56 Å². The third-order valence-corrected chi connectivity index (χ3v) is 2.12. The summed E-state index contributed by atoms with van der Waals surface area (Å²) in [4.78, 5) is 10.7. The van der Waals surface area contributed by atoms with E-state index in [0.717, 1.165) is 0 Å². The Bertz CT molecular complexity index is 369. The number of carboxylic acid groups (broad SMARTS) is 1. The summed E-state index contributed by atoms with van der Waals surface area (Å²) in [5.41, 5.74) is 1.61. The molecule has 0 atom stereocenters. The predicted molar refractivity (Wildman–Crippen MR) is 50.1 cm³/mol. The van der Waals surface area contributed by atoms with Crippen LogP contribution < -0.4 is 0 Å². The Morgan fingerprint density at radius 3 is 2.21 bits per heavy atom. The summed E-state index contributed by atoms with van der Waals surface area (Å²) in [6.45, 7) is 3.26. The van der Waals surface area contributed by atoms with Crippen LogP contribution in [0.3, 0.4) is 0 Å². The maximum absolute atomic E-state index is 10.7. The predicted octanol–water partition coefficient (Wildman–Crippen LogP) is 0.985. The molecule has 4 heteroatoms. The van der Waals surface area contributed by atoms with Crippen LogP contribution in [-0.4, -0.2) is 21.3 Å². The van der Waals surface area contributed by atoms with E-state index >= 15 is 0 Å². The van der Waals surface area contributed by atoms with Crippen LogP contribution in [0.15, 0.2) is 12.1 Å². The summed E-state index contributed by atoms with van der Waals surface area (Å²) in [6.07, 6.45) is -1.56. The van der Waals surface area contributed by atoms with Crippen LogP contribution >= 0.6 is 0 Å². The SMILES string of the molecule is Cc1cc(C(O)O)c(C)cc1C(=O)O. The molecule has 1 rings (SSSR count). The van der Waals surface area contributed by atoms with Crippen LogP contribution in [0.1, 0.15) is 33.3 Å². The lowest BCUT2D eigenvalue weighted by atomic mass is 10.00. The Balaban J connectivity index is 3.31. The van der Waals surface area contributed by atoms with Gasteiger partial charge in [0.25, 0.3) is 0 Å². The Morgan fingerprint density at radius 1 is 1.21 bits per heavy atom. The minimum absolute atomic E-state index is 0.187. The Morgan fingerprint density at radius 2 is 1.79 bits per heavy atom. The molecule has 1 aromatic rings. The van der Waals surface area contributed by atoms with Gasteiger partial charge in [0.05, 0.1) is 5.56 Å². The monoisotopic (exact) mass is 196 g/mol. The summed E-state index contributed by atoms with van der Waals surface area (Å²) in [7, 11) is 0. The first-order valence-corrected chi connectivity index (χ1v) is 4.14. The van der Waals surface area contributed by atoms with Gasteiger partial charge in [-0.1, -0.05) is 0 Å². The zero-order valence-corrected chi connectivity index (χ0v) is 7.98. The van der Waals surface area contributed by atoms with E-state index < -0.39 is 12.3 Å². The molecule has 0 fully saturated rings. The Kier molecular flexibility index (Phi) is 2.88. The molecule has 0 saturated heterocycles. The fourth-order valence-corrected chi connectivity index (χ4v) is 1.35. The van der Waals surface area contributed by atoms with Crippen LogP contribution in [0.4, 0.5) is 0 Å². The highest BCUT2D eigenvalue weighted by molar-refractivity contribution is 5.89. The lowest BCUT2D eigenvalue weighted by molar-refractivity contribution is -0.0429. The molecular weight excluding hydrogens is 184 g/mol. The minimum Gasteiger partial charge on any atom is -0.478 e. The molecule has 0 aliphatic rings. The zero-order chi connectivity index (χ0) is 10.9. The van der Waals surface area contributed by atoms with E-state index in [2.05, 4.69) is 0 Å². The average Bonchev–Trinajstić information content (AvgIpc) is 2.07. The van der Waals surface area contributed by atoms with Crippen LogP contribution in [0.2, 0.25) is 0 Å². The molecule has 76 valence electrons. The van der Waals surface area contributed by atoms with E-state index in [0.29, 0.717) is 16.7 Å². The van der Waals surface area contributed by atoms with Gasteiger partial charge in [-0.25, -0.2) is 4.79 Å². The lowest BCUT2D eigenvalue weighted by Crippen LogP contribution is -2.05. The summed E-state index contributed by atoms with van der Waals surface area (Å²) in [6, 6.07) is 2.91. The number of aliphatic hydroxyl groups excluding tert-OH is 1. The van der Waals surface area contributed by atoms with E-state index in [1.807, 2.05) is 0 Å². The standard InChI is InChI=1S/C10H12O4/c1-5-3-8(10(13)14)6(2)4-7(5)9(11)12/h3-4,9,11-12H,1-2H3,(H,13,14). The second-order valence-electron chi connectivity index (χ2n) is 3.20. The van der Waals surface area contributed by atoms with Crippen molar-refractivity contribution in [3.8, 4) is 0 Å². The normalized spacial score (nSPS) is 10.6. The first kappa shape index (κ1) is 10.7. The summed E-state index contributed by atoms with van der Waals surface area (Å²) in [5.74, 6) is -1.01. The molecule has 0 unspecified atom stereocenters. The number of hydrogen-bond acceptors (Lipinski definition) is 3. The van der Waals surface area contributed by atoms with Crippen molar-refractivity contribution in [1.29, 1.82) is 0 Å². The zero-order valence-electron chi connectivity index (χ0n) is 7.98. The Labute approximate surface area is 81.4 Å². The van der Waals surface area contributed by atoms with E-state index in [-0.39, 0.29) is 5.56 Å². The average molecular weight is 196 g/mol. The Hall–Kier alpha value is -1.39. The summed E-state index contributed by atoms with van der Waals surface area (Å²) < 4.78 is 0. The number of rotatable bonds is 2. The molecule has 0 spiro atoms. The molecule has 1 aromatic carbocycles. The maximum atomic E-state index is 10.7. The van der Waals surface area contributed by atoms with Gasteiger partial charge in [-0.05, 0) is 37.1 Å². The van der Waals surface area contributed by atoms with Gasteiger partial charge >= 0.3 is 5.97 Å². The number of aromatic carboxylic acids is 1. The number of carbonyl (C=O) groups is 1. The van der Waals surface area contributed by atoms with Crippen molar-refractivity contribution < 1.29 is 20.1 Å². The van der Waals surface area contributed by atoms with Gasteiger partial charge in [-0.3, -0.25) is 0 Å². The third-order valence-electron chi connectivity index (χ3n) is 2.12. The number of aryl methyl sites for hydroxylation is 2. The van der Waals surface area contributed by atoms with E-state index in [1.54, 1.807) is 13.8 Å². The highest BCUT2D eigenvalue weighted by Gasteiger charge is 2.13. The van der Waals surface area contributed by atoms with Crippen molar-refractivity contribution in [3.63, 3.8) is 0 Å². The molecule has 0 radical (unpaired) electrons. The first-order chi connectivity index (χ1) is 6.43. The van der Waals surface area contributed by atoms with Crippen molar-refractivity contribution in [2.24, 2.45) is 0 Å². The molecule has 0 aliphatic heterocycles. The van der Waals surface area contributed by atoms with Crippen LogP contribution in [0, 0.1) is 13.8 Å². The third kappa shape index (κ3) is 1.92. The fourth-order valence-electron chi connectivity index (χ4n) is 1.35. The van der Waals surface area contributed by atoms with Crippen LogP contribution in [-0.2, 0) is 0 Å². The van der Waals surface area contributed by atoms with Crippen molar-refractivity contribution in [1.82, 2.24) is 0 Å². The van der Waals surface area contributed by atoms with Crippen LogP contribution in [0.5, 0.6) is 0 Å². The van der Waals surface area contributed by atoms with Crippen molar-refractivity contribution >= 4 is 5.97 Å². The van der Waals surface area contributed by atoms with Crippen LogP contribution in [0.25, 0.3) is 0 Å². The molecule has 0 bridgehead atoms. The molecule has 0 saturated carbocycles. The molecule has 0 heterocycles. The van der Waals surface area contributed by atoms with E-state index in [4.69, 9.17) is 15.3 Å². The highest BCUT2D eigenvalue weighted by atomic mass is 16.5. The van der Waals surface area contributed by atoms with Gasteiger partial charge in [0.2, 0.25) is 0 Å². The van der Waals surface area contributed by atoms with Gasteiger partial charge in [-0.2, -0.15) is 0 Å². The highest BCUT2D eigenvalue weighted by Crippen LogP contribution is 2.20. The molecule has 0 aromatic heterocycles. The fraction of sp³-hybridized carbons (Fsp3) is 0.300. The van der Waals surface area contributed by atoms with Gasteiger partial charge in [0.15, 0.2) is 6.29 Å². The number of carboxylic acids is 1. The van der Waals surface area contributed by atoms with Crippen molar-refractivity contribution in [2.45, 2.75) is 20.1 Å². The largest absolute Gasteiger partial charge is 0.478 e. The number of benzene rings is 1. The molecule has 4 nitrogen and oxygen atoms in total. The molecular formula is C10H12O4. The maximum Gasteiger partial charge on any atom is 0.335 e. The van der Waals surface area contributed by atoms with Gasteiger partial charge in [-0.15, -0.1) is 0 Å². The second kappa shape index (κ2) is 3.77.